The monoisotopic (exact) mass is 290 g/mol. The molecular formula is C12H13F3N2OS. The molecule has 3 N–H and O–H groups in total. The molecule has 1 aromatic carbocycles. The molecule has 7 heteroatoms. The highest BCUT2D eigenvalue weighted by Gasteiger charge is 2.23. The molecule has 0 fully saturated rings. The Balaban J connectivity index is 2.96. The molecule has 104 valence electrons. The summed E-state index contributed by atoms with van der Waals surface area (Å²) in [6.45, 7) is 1.82. The van der Waals surface area contributed by atoms with Crippen LogP contribution in [-0.2, 0) is 4.79 Å². The van der Waals surface area contributed by atoms with Gasteiger partial charge in [-0.05, 0) is 6.42 Å². The summed E-state index contributed by atoms with van der Waals surface area (Å²) in [7, 11) is 0. The van der Waals surface area contributed by atoms with E-state index in [9.17, 15) is 18.0 Å². The molecule has 0 aliphatic rings. The molecular weight excluding hydrogens is 277 g/mol. The van der Waals surface area contributed by atoms with Crippen LogP contribution in [0, 0.1) is 23.4 Å². The third-order valence-corrected chi connectivity index (χ3v) is 2.78. The van der Waals surface area contributed by atoms with Crippen LogP contribution in [0.5, 0.6) is 0 Å². The molecule has 0 bridgehead atoms. The van der Waals surface area contributed by atoms with Gasteiger partial charge in [-0.1, -0.05) is 25.6 Å². The van der Waals surface area contributed by atoms with E-state index in [1.54, 1.807) is 0 Å². The zero-order valence-electron chi connectivity index (χ0n) is 10.2. The van der Waals surface area contributed by atoms with Gasteiger partial charge in [-0.15, -0.1) is 0 Å². The maximum atomic E-state index is 13.4. The molecule has 3 nitrogen and oxygen atoms in total. The number of amides is 1. The van der Waals surface area contributed by atoms with Crippen molar-refractivity contribution in [2.75, 3.05) is 5.32 Å². The molecule has 0 saturated carbocycles. The van der Waals surface area contributed by atoms with E-state index < -0.39 is 35.0 Å². The van der Waals surface area contributed by atoms with Crippen molar-refractivity contribution in [3.05, 3.63) is 29.6 Å². The zero-order chi connectivity index (χ0) is 14.6. The van der Waals surface area contributed by atoms with Gasteiger partial charge in [0.15, 0.2) is 11.6 Å². The summed E-state index contributed by atoms with van der Waals surface area (Å²) in [5.41, 5.74) is 4.70. The first-order valence-electron chi connectivity index (χ1n) is 5.61. The zero-order valence-corrected chi connectivity index (χ0v) is 11.0. The van der Waals surface area contributed by atoms with E-state index >= 15 is 0 Å². The Morgan fingerprint density at radius 2 is 1.89 bits per heavy atom. The van der Waals surface area contributed by atoms with Crippen molar-refractivity contribution in [3.8, 4) is 0 Å². The molecule has 1 unspecified atom stereocenters. The predicted octanol–water partition coefficient (Wildman–Crippen LogP) is 2.74. The topological polar surface area (TPSA) is 55.1 Å². The number of hydrogen-bond acceptors (Lipinski definition) is 2. The molecule has 1 aromatic rings. The minimum Gasteiger partial charge on any atom is -0.393 e. The van der Waals surface area contributed by atoms with Crippen LogP contribution >= 0.6 is 12.2 Å². The molecule has 0 saturated heterocycles. The number of thiocarbonyl (C=S) groups is 1. The van der Waals surface area contributed by atoms with Gasteiger partial charge in [0, 0.05) is 12.1 Å². The van der Waals surface area contributed by atoms with E-state index in [1.807, 2.05) is 12.2 Å². The van der Waals surface area contributed by atoms with Crippen molar-refractivity contribution in [3.63, 3.8) is 0 Å². The Morgan fingerprint density at radius 3 is 2.32 bits per heavy atom. The van der Waals surface area contributed by atoms with Crippen LogP contribution in [0.2, 0.25) is 0 Å². The molecule has 19 heavy (non-hydrogen) atoms. The minimum atomic E-state index is -1.19. The average Bonchev–Trinajstić information content (AvgIpc) is 2.29. The van der Waals surface area contributed by atoms with E-state index in [0.717, 1.165) is 0 Å². The van der Waals surface area contributed by atoms with Crippen molar-refractivity contribution in [1.82, 2.24) is 0 Å². The first-order valence-corrected chi connectivity index (χ1v) is 6.02. The van der Waals surface area contributed by atoms with Crippen LogP contribution < -0.4 is 11.1 Å². The Kier molecular flexibility index (Phi) is 5.29. The van der Waals surface area contributed by atoms with Crippen molar-refractivity contribution < 1.29 is 18.0 Å². The summed E-state index contributed by atoms with van der Waals surface area (Å²) in [5, 5.41) is 2.05. The SMILES string of the molecule is CCCC(C(=O)Nc1c(F)cc(F)cc1F)C(N)=S. The third-order valence-electron chi connectivity index (χ3n) is 2.49. The van der Waals surface area contributed by atoms with Crippen molar-refractivity contribution >= 4 is 28.8 Å². The Bertz CT molecular complexity index is 485. The van der Waals surface area contributed by atoms with Crippen molar-refractivity contribution in [2.24, 2.45) is 11.7 Å². The smallest absolute Gasteiger partial charge is 0.234 e. The standard InChI is InChI=1S/C12H13F3N2OS/c1-2-3-7(11(16)19)12(18)17-10-8(14)4-6(13)5-9(10)15/h4-5,7H,2-3H2,1H3,(H2,16,19)(H,17,18). The minimum absolute atomic E-state index is 0.0534. The van der Waals surface area contributed by atoms with E-state index in [4.69, 9.17) is 18.0 Å². The molecule has 1 rings (SSSR count). The van der Waals surface area contributed by atoms with Gasteiger partial charge in [-0.25, -0.2) is 13.2 Å². The predicted molar refractivity (Wildman–Crippen MR) is 70.1 cm³/mol. The Morgan fingerprint density at radius 1 is 1.37 bits per heavy atom. The van der Waals surface area contributed by atoms with Crippen LogP contribution in [-0.4, -0.2) is 10.9 Å². The van der Waals surface area contributed by atoms with Crippen LogP contribution in [0.25, 0.3) is 0 Å². The van der Waals surface area contributed by atoms with Crippen LogP contribution in [0.3, 0.4) is 0 Å². The third kappa shape index (κ3) is 3.92. The van der Waals surface area contributed by atoms with E-state index in [-0.39, 0.29) is 4.99 Å². The van der Waals surface area contributed by atoms with Gasteiger partial charge in [-0.2, -0.15) is 0 Å². The normalized spacial score (nSPS) is 12.0. The lowest BCUT2D eigenvalue weighted by molar-refractivity contribution is -0.118. The van der Waals surface area contributed by atoms with Gasteiger partial charge in [0.25, 0.3) is 0 Å². The van der Waals surface area contributed by atoms with Crippen LogP contribution in [0.15, 0.2) is 12.1 Å². The Hall–Kier alpha value is -1.63. The highest BCUT2D eigenvalue weighted by molar-refractivity contribution is 7.80. The summed E-state index contributed by atoms with van der Waals surface area (Å²) in [6.07, 6.45) is 0.995. The fraction of sp³-hybridized carbons (Fsp3) is 0.333. The number of halogens is 3. The highest BCUT2D eigenvalue weighted by Crippen LogP contribution is 2.21. The molecule has 0 aromatic heterocycles. The number of nitrogens with one attached hydrogen (secondary N) is 1. The quantitative estimate of drug-likeness (QED) is 0.820. The largest absolute Gasteiger partial charge is 0.393 e. The maximum absolute atomic E-state index is 13.4. The second kappa shape index (κ2) is 6.51. The highest BCUT2D eigenvalue weighted by atomic mass is 32.1. The average molecular weight is 290 g/mol. The van der Waals surface area contributed by atoms with E-state index in [0.29, 0.717) is 25.0 Å². The molecule has 0 heterocycles. The number of anilines is 1. The number of carbonyl (C=O) groups is 1. The number of benzene rings is 1. The molecule has 1 atom stereocenters. The van der Waals surface area contributed by atoms with Crippen molar-refractivity contribution in [1.29, 1.82) is 0 Å². The van der Waals surface area contributed by atoms with Gasteiger partial charge in [0.2, 0.25) is 5.91 Å². The van der Waals surface area contributed by atoms with Crippen LogP contribution in [0.4, 0.5) is 18.9 Å². The fourth-order valence-electron chi connectivity index (χ4n) is 1.56. The lowest BCUT2D eigenvalue weighted by Gasteiger charge is -2.15. The summed E-state index contributed by atoms with van der Waals surface area (Å²) in [4.78, 5) is 11.8. The van der Waals surface area contributed by atoms with Gasteiger partial charge in [-0.3, -0.25) is 4.79 Å². The molecule has 0 aliphatic heterocycles. The molecule has 0 radical (unpaired) electrons. The van der Waals surface area contributed by atoms with Gasteiger partial charge in [0.1, 0.15) is 11.5 Å². The summed E-state index contributed by atoms with van der Waals surface area (Å²) in [6, 6.07) is 0.961. The lowest BCUT2D eigenvalue weighted by Crippen LogP contribution is -2.33. The molecule has 0 spiro atoms. The second-order valence-electron chi connectivity index (χ2n) is 3.98. The fourth-order valence-corrected chi connectivity index (χ4v) is 1.79. The number of nitrogens with two attached hydrogens (primary N) is 1. The van der Waals surface area contributed by atoms with E-state index in [2.05, 4.69) is 0 Å². The number of hydrogen-bond donors (Lipinski definition) is 2. The van der Waals surface area contributed by atoms with Gasteiger partial charge < -0.3 is 11.1 Å². The first-order chi connectivity index (χ1) is 8.86. The van der Waals surface area contributed by atoms with Crippen LogP contribution in [0.1, 0.15) is 19.8 Å². The van der Waals surface area contributed by atoms with Gasteiger partial charge in [0.05, 0.1) is 10.9 Å². The number of carbonyl (C=O) groups excluding carboxylic acids is 1. The summed E-state index contributed by atoms with van der Waals surface area (Å²) in [5.74, 6) is -4.97. The Labute approximate surface area is 114 Å². The second-order valence-corrected chi connectivity index (χ2v) is 4.45. The summed E-state index contributed by atoms with van der Waals surface area (Å²) >= 11 is 4.73. The number of rotatable bonds is 5. The molecule has 0 aliphatic carbocycles. The van der Waals surface area contributed by atoms with E-state index in [1.165, 1.54) is 0 Å². The van der Waals surface area contributed by atoms with Crippen molar-refractivity contribution in [2.45, 2.75) is 19.8 Å². The lowest BCUT2D eigenvalue weighted by atomic mass is 10.0. The maximum Gasteiger partial charge on any atom is 0.234 e. The van der Waals surface area contributed by atoms with Gasteiger partial charge >= 0.3 is 0 Å². The first kappa shape index (κ1) is 15.4. The molecule has 1 amide bonds. The summed E-state index contributed by atoms with van der Waals surface area (Å²) < 4.78 is 39.4.